The number of pyridine rings is 1. The minimum atomic E-state index is -5.14. The summed E-state index contributed by atoms with van der Waals surface area (Å²) in [6.07, 6.45) is -3.50. The van der Waals surface area contributed by atoms with E-state index in [4.69, 9.17) is 11.6 Å². The molecule has 1 amide bonds. The van der Waals surface area contributed by atoms with Crippen molar-refractivity contribution in [2.24, 2.45) is 0 Å². The van der Waals surface area contributed by atoms with E-state index in [1.807, 2.05) is 0 Å². The summed E-state index contributed by atoms with van der Waals surface area (Å²) in [4.78, 5) is 28.9. The molecule has 0 saturated heterocycles. The molecule has 2 aromatic carbocycles. The van der Waals surface area contributed by atoms with Crippen molar-refractivity contribution in [3.8, 4) is 11.3 Å². The summed E-state index contributed by atoms with van der Waals surface area (Å²) in [5.41, 5.74) is 2.29. The molecule has 0 saturated carbocycles. The molecule has 4 rings (SSSR count). The van der Waals surface area contributed by atoms with Crippen molar-refractivity contribution in [2.45, 2.75) is 12.2 Å². The third kappa shape index (κ3) is 5.04. The molecule has 1 N–H and O–H groups in total. The number of carbonyl (C=O) groups excluding carboxylic acids is 2. The minimum Gasteiger partial charge on any atom is -0.456 e. The molecule has 34 heavy (non-hydrogen) atoms. The van der Waals surface area contributed by atoms with Crippen LogP contribution in [0.3, 0.4) is 0 Å². The van der Waals surface area contributed by atoms with Crippen molar-refractivity contribution in [1.29, 1.82) is 0 Å². The van der Waals surface area contributed by atoms with Crippen molar-refractivity contribution >= 4 is 29.0 Å². The second kappa shape index (κ2) is 9.56. The fourth-order valence-electron chi connectivity index (χ4n) is 3.42. The van der Waals surface area contributed by atoms with Gasteiger partial charge in [0.2, 0.25) is 5.82 Å². The smallest absolute Gasteiger partial charge is 0.456 e. The number of nitrogens with zero attached hydrogens (tertiary/aromatic N) is 2. The van der Waals surface area contributed by atoms with Gasteiger partial charge in [-0.05, 0) is 29.8 Å². The third-order valence-electron chi connectivity index (χ3n) is 4.97. The lowest BCUT2D eigenvalue weighted by atomic mass is 10.1. The molecule has 0 radical (unpaired) electrons. The van der Waals surface area contributed by atoms with Gasteiger partial charge >= 0.3 is 12.1 Å². The Bertz CT molecular complexity index is 1340. The molecule has 0 aliphatic carbocycles. The Hall–Kier alpha value is -3.85. The Morgan fingerprint density at radius 3 is 2.47 bits per heavy atom. The number of benzene rings is 2. The van der Waals surface area contributed by atoms with Crippen LogP contribution < -0.4 is 5.32 Å². The third-order valence-corrected chi connectivity index (χ3v) is 5.20. The average Bonchev–Trinajstić information content (AvgIpc) is 3.21. The predicted octanol–water partition coefficient (Wildman–Crippen LogP) is 5.23. The first-order valence-corrected chi connectivity index (χ1v) is 10.4. The summed E-state index contributed by atoms with van der Waals surface area (Å²) in [6, 6.07) is 19.5. The number of aromatic nitrogens is 2. The van der Waals surface area contributed by atoms with Crippen LogP contribution in [0.25, 0.3) is 16.8 Å². The molecule has 0 spiro atoms. The topological polar surface area (TPSA) is 72.7 Å². The fourth-order valence-corrected chi connectivity index (χ4v) is 3.61. The highest BCUT2D eigenvalue weighted by Crippen LogP contribution is 2.27. The summed E-state index contributed by atoms with van der Waals surface area (Å²) in [5, 5.41) is 3.13. The number of halogens is 4. The van der Waals surface area contributed by atoms with Crippen LogP contribution in [-0.2, 0) is 9.53 Å². The molecule has 1 atom stereocenters. The molecular weight excluding hydrogens is 471 g/mol. The number of ether oxygens (including phenoxy) is 1. The number of imidazole rings is 1. The molecule has 0 fully saturated rings. The van der Waals surface area contributed by atoms with Crippen LogP contribution >= 0.6 is 11.6 Å². The number of nitrogens with one attached hydrogen (secondary N) is 1. The summed E-state index contributed by atoms with van der Waals surface area (Å²) < 4.78 is 43.8. The number of hydrogen-bond donors (Lipinski definition) is 1. The first kappa shape index (κ1) is 23.3. The van der Waals surface area contributed by atoms with Gasteiger partial charge in [-0.15, -0.1) is 0 Å². The van der Waals surface area contributed by atoms with Crippen molar-refractivity contribution in [3.63, 3.8) is 0 Å². The van der Waals surface area contributed by atoms with Crippen LogP contribution in [-0.4, -0.2) is 34.0 Å². The number of rotatable bonds is 6. The summed E-state index contributed by atoms with van der Waals surface area (Å²) in [5.74, 6) is -2.99. The maximum absolute atomic E-state index is 13.2. The lowest BCUT2D eigenvalue weighted by molar-refractivity contribution is -0.200. The maximum atomic E-state index is 13.2. The van der Waals surface area contributed by atoms with E-state index in [2.05, 4.69) is 15.0 Å². The Balaban J connectivity index is 1.66. The van der Waals surface area contributed by atoms with Crippen LogP contribution in [0.2, 0.25) is 5.02 Å². The van der Waals surface area contributed by atoms with Gasteiger partial charge in [0.25, 0.3) is 5.91 Å². The Morgan fingerprint density at radius 1 is 1.03 bits per heavy atom. The number of esters is 1. The van der Waals surface area contributed by atoms with Crippen molar-refractivity contribution in [1.82, 2.24) is 14.7 Å². The predicted molar refractivity (Wildman–Crippen MR) is 119 cm³/mol. The lowest BCUT2D eigenvalue weighted by Gasteiger charge is -2.19. The summed E-state index contributed by atoms with van der Waals surface area (Å²) >= 11 is 6.11. The van der Waals surface area contributed by atoms with E-state index in [1.54, 1.807) is 83.4 Å². The van der Waals surface area contributed by atoms with E-state index in [1.165, 1.54) is 0 Å². The van der Waals surface area contributed by atoms with Crippen LogP contribution in [0, 0.1) is 0 Å². The fraction of sp³-hybridized carbons (Fsp3) is 0.125. The number of fused-ring (bicyclic) bond motifs is 1. The molecule has 6 nitrogen and oxygen atoms in total. The zero-order valence-corrected chi connectivity index (χ0v) is 18.2. The van der Waals surface area contributed by atoms with Crippen molar-refractivity contribution in [2.75, 3.05) is 6.61 Å². The standard InChI is InChI=1S/C24H17ClF3N3O3/c25-17-10-6-9-16(13-17)20-19-11-4-5-12-31(19)21(30-20)22(32)29-18(15-7-2-1-3-8-15)14-34-23(33)24(26,27)28/h1-13,18H,14H2,(H,29,32)/t18-/m1/s1. The van der Waals surface area contributed by atoms with E-state index in [0.29, 0.717) is 27.4 Å². The van der Waals surface area contributed by atoms with Gasteiger partial charge in [0.05, 0.1) is 17.3 Å². The van der Waals surface area contributed by atoms with Gasteiger partial charge in [-0.25, -0.2) is 9.78 Å². The second-order valence-electron chi connectivity index (χ2n) is 7.28. The monoisotopic (exact) mass is 487 g/mol. The molecule has 0 bridgehead atoms. The van der Waals surface area contributed by atoms with Crippen LogP contribution in [0.1, 0.15) is 22.2 Å². The van der Waals surface area contributed by atoms with Crippen LogP contribution in [0.4, 0.5) is 13.2 Å². The van der Waals surface area contributed by atoms with Crippen molar-refractivity contribution in [3.05, 3.63) is 95.4 Å². The normalized spacial score (nSPS) is 12.4. The number of amides is 1. The van der Waals surface area contributed by atoms with Crippen molar-refractivity contribution < 1.29 is 27.5 Å². The SMILES string of the molecule is O=C(N[C@H](COC(=O)C(F)(F)F)c1ccccc1)c1nc(-c2cccc(Cl)c2)c2ccccn12. The largest absolute Gasteiger partial charge is 0.490 e. The molecule has 174 valence electrons. The van der Waals surface area contributed by atoms with E-state index < -0.39 is 30.7 Å². The van der Waals surface area contributed by atoms with Gasteiger partial charge in [-0.2, -0.15) is 13.2 Å². The van der Waals surface area contributed by atoms with Gasteiger partial charge in [-0.1, -0.05) is 60.1 Å². The zero-order valence-electron chi connectivity index (χ0n) is 17.4. The second-order valence-corrected chi connectivity index (χ2v) is 7.72. The maximum Gasteiger partial charge on any atom is 0.490 e. The molecule has 2 aromatic heterocycles. The number of carbonyl (C=O) groups is 2. The van der Waals surface area contributed by atoms with E-state index >= 15 is 0 Å². The van der Waals surface area contributed by atoms with Gasteiger partial charge in [-0.3, -0.25) is 9.20 Å². The van der Waals surface area contributed by atoms with Gasteiger partial charge in [0.1, 0.15) is 6.61 Å². The Kier molecular flexibility index (Phi) is 6.56. The zero-order chi connectivity index (χ0) is 24.3. The van der Waals surface area contributed by atoms with Gasteiger partial charge in [0, 0.05) is 16.8 Å². The van der Waals surface area contributed by atoms with E-state index in [9.17, 15) is 22.8 Å². The molecular formula is C24H17ClF3N3O3. The van der Waals surface area contributed by atoms with Gasteiger partial charge < -0.3 is 10.1 Å². The van der Waals surface area contributed by atoms with Crippen LogP contribution in [0.15, 0.2) is 79.0 Å². The first-order chi connectivity index (χ1) is 16.2. The Labute approximate surface area is 196 Å². The first-order valence-electron chi connectivity index (χ1n) is 10.1. The van der Waals surface area contributed by atoms with Gasteiger partial charge in [0.15, 0.2) is 0 Å². The number of alkyl halides is 3. The quantitative estimate of drug-likeness (QED) is 0.378. The summed E-state index contributed by atoms with van der Waals surface area (Å²) in [6.45, 7) is -0.710. The minimum absolute atomic E-state index is 0.00801. The molecule has 0 aliphatic rings. The number of hydrogen-bond acceptors (Lipinski definition) is 4. The van der Waals surface area contributed by atoms with Crippen LogP contribution in [0.5, 0.6) is 0 Å². The Morgan fingerprint density at radius 2 is 1.76 bits per heavy atom. The van der Waals surface area contributed by atoms with E-state index in [-0.39, 0.29) is 5.82 Å². The summed E-state index contributed by atoms with van der Waals surface area (Å²) in [7, 11) is 0. The highest BCUT2D eigenvalue weighted by Gasteiger charge is 2.41. The molecule has 0 aliphatic heterocycles. The van der Waals surface area contributed by atoms with E-state index in [0.717, 1.165) is 0 Å². The average molecular weight is 488 g/mol. The lowest BCUT2D eigenvalue weighted by Crippen LogP contribution is -2.35. The molecule has 0 unspecified atom stereocenters. The highest BCUT2D eigenvalue weighted by molar-refractivity contribution is 6.30. The molecule has 2 heterocycles. The molecule has 4 aromatic rings. The molecule has 10 heteroatoms. The highest BCUT2D eigenvalue weighted by atomic mass is 35.5.